The summed E-state index contributed by atoms with van der Waals surface area (Å²) >= 11 is 0. The van der Waals surface area contributed by atoms with Crippen molar-refractivity contribution >= 4 is 5.97 Å². The Morgan fingerprint density at radius 1 is 1.35 bits per heavy atom. The highest BCUT2D eigenvalue weighted by atomic mass is 19.1. The Balaban J connectivity index is 2.93. The number of rotatable bonds is 7. The minimum Gasteiger partial charge on any atom is -0.481 e. The van der Waals surface area contributed by atoms with Crippen LogP contribution >= 0.6 is 0 Å². The summed E-state index contributed by atoms with van der Waals surface area (Å²) in [5, 5.41) is 21.9. The first-order valence-electron chi connectivity index (χ1n) is 6.42. The zero-order valence-electron chi connectivity index (χ0n) is 11.4. The minimum atomic E-state index is -1.31. The van der Waals surface area contributed by atoms with Crippen LogP contribution in [0.5, 0.6) is 0 Å². The highest BCUT2D eigenvalue weighted by molar-refractivity contribution is 5.66. The van der Waals surface area contributed by atoms with Gasteiger partial charge in [0.15, 0.2) is 0 Å². The first kappa shape index (κ1) is 16.5. The molecular formula is C14H19F2NO3. The number of carboxylic acids is 1. The van der Waals surface area contributed by atoms with E-state index in [0.717, 1.165) is 18.2 Å². The average molecular weight is 287 g/mol. The Labute approximate surface area is 116 Å². The average Bonchev–Trinajstić information content (AvgIpc) is 2.36. The van der Waals surface area contributed by atoms with Gasteiger partial charge in [0, 0.05) is 24.1 Å². The van der Waals surface area contributed by atoms with Crippen LogP contribution in [0.2, 0.25) is 0 Å². The maximum atomic E-state index is 13.6. The molecule has 112 valence electrons. The summed E-state index contributed by atoms with van der Waals surface area (Å²) in [5.41, 5.74) is -0.173. The van der Waals surface area contributed by atoms with Gasteiger partial charge in [0.1, 0.15) is 11.6 Å². The van der Waals surface area contributed by atoms with Crippen molar-refractivity contribution in [1.29, 1.82) is 0 Å². The summed E-state index contributed by atoms with van der Waals surface area (Å²) in [6.45, 7) is 3.64. The molecule has 2 atom stereocenters. The molecule has 0 heterocycles. The molecule has 1 aromatic rings. The SMILES string of the molecule is CC(C)NC(CCC(=O)O)C(O)c1cc(F)ccc1F. The smallest absolute Gasteiger partial charge is 0.303 e. The third-order valence-corrected chi connectivity index (χ3v) is 2.87. The minimum absolute atomic E-state index is 0.0277. The van der Waals surface area contributed by atoms with Gasteiger partial charge >= 0.3 is 5.97 Å². The third kappa shape index (κ3) is 4.86. The lowest BCUT2D eigenvalue weighted by Crippen LogP contribution is -2.40. The molecule has 0 spiro atoms. The lowest BCUT2D eigenvalue weighted by atomic mass is 9.97. The number of aliphatic hydroxyl groups excluding tert-OH is 1. The van der Waals surface area contributed by atoms with Gasteiger partial charge in [0.25, 0.3) is 0 Å². The van der Waals surface area contributed by atoms with Crippen LogP contribution in [0.25, 0.3) is 0 Å². The normalized spacial score (nSPS) is 14.3. The zero-order chi connectivity index (χ0) is 15.3. The molecule has 0 aromatic heterocycles. The number of aliphatic hydroxyl groups is 1. The number of carboxylic acid groups (broad SMARTS) is 1. The fourth-order valence-electron chi connectivity index (χ4n) is 2.00. The van der Waals surface area contributed by atoms with Crippen molar-refractivity contribution in [1.82, 2.24) is 5.32 Å². The molecule has 2 unspecified atom stereocenters. The summed E-state index contributed by atoms with van der Waals surface area (Å²) in [6, 6.07) is 2.14. The summed E-state index contributed by atoms with van der Waals surface area (Å²) < 4.78 is 26.8. The second kappa shape index (κ2) is 7.31. The number of hydrogen-bond acceptors (Lipinski definition) is 3. The Morgan fingerprint density at radius 3 is 2.55 bits per heavy atom. The van der Waals surface area contributed by atoms with Crippen molar-refractivity contribution in [3.63, 3.8) is 0 Å². The van der Waals surface area contributed by atoms with Gasteiger partial charge in [-0.25, -0.2) is 8.78 Å². The van der Waals surface area contributed by atoms with Gasteiger partial charge in [-0.15, -0.1) is 0 Å². The fraction of sp³-hybridized carbons (Fsp3) is 0.500. The predicted molar refractivity (Wildman–Crippen MR) is 70.2 cm³/mol. The van der Waals surface area contributed by atoms with E-state index in [4.69, 9.17) is 5.11 Å². The standard InChI is InChI=1S/C14H19F2NO3/c1-8(2)17-12(5-6-13(18)19)14(20)10-7-9(15)3-4-11(10)16/h3-4,7-8,12,14,17,20H,5-6H2,1-2H3,(H,18,19). The van der Waals surface area contributed by atoms with Gasteiger partial charge in [-0.05, 0) is 24.6 Å². The lowest BCUT2D eigenvalue weighted by Gasteiger charge is -2.26. The molecule has 0 saturated heterocycles. The van der Waals surface area contributed by atoms with E-state index >= 15 is 0 Å². The van der Waals surface area contributed by atoms with Crippen molar-refractivity contribution < 1.29 is 23.8 Å². The zero-order valence-corrected chi connectivity index (χ0v) is 11.4. The molecule has 1 rings (SSSR count). The van der Waals surface area contributed by atoms with Crippen LogP contribution in [0.3, 0.4) is 0 Å². The molecule has 0 fully saturated rings. The van der Waals surface area contributed by atoms with E-state index in [9.17, 15) is 18.7 Å². The van der Waals surface area contributed by atoms with Crippen molar-refractivity contribution in [3.8, 4) is 0 Å². The second-order valence-electron chi connectivity index (χ2n) is 4.97. The Morgan fingerprint density at radius 2 is 2.00 bits per heavy atom. The van der Waals surface area contributed by atoms with Crippen LogP contribution in [-0.2, 0) is 4.79 Å². The number of carbonyl (C=O) groups is 1. The van der Waals surface area contributed by atoms with E-state index < -0.39 is 29.7 Å². The van der Waals surface area contributed by atoms with Gasteiger partial charge in [0.2, 0.25) is 0 Å². The number of benzene rings is 1. The predicted octanol–water partition coefficient (Wildman–Crippen LogP) is 2.23. The van der Waals surface area contributed by atoms with E-state index in [-0.39, 0.29) is 24.4 Å². The maximum Gasteiger partial charge on any atom is 0.303 e. The molecule has 0 aliphatic carbocycles. The van der Waals surface area contributed by atoms with Crippen LogP contribution in [0.15, 0.2) is 18.2 Å². The van der Waals surface area contributed by atoms with E-state index in [2.05, 4.69) is 5.32 Å². The number of hydrogen-bond donors (Lipinski definition) is 3. The largest absolute Gasteiger partial charge is 0.481 e. The molecule has 6 heteroatoms. The quantitative estimate of drug-likeness (QED) is 0.719. The number of halogens is 2. The lowest BCUT2D eigenvalue weighted by molar-refractivity contribution is -0.137. The van der Waals surface area contributed by atoms with Gasteiger partial charge < -0.3 is 15.5 Å². The highest BCUT2D eigenvalue weighted by Crippen LogP contribution is 2.24. The molecule has 4 nitrogen and oxygen atoms in total. The van der Waals surface area contributed by atoms with Gasteiger partial charge in [-0.1, -0.05) is 13.8 Å². The van der Waals surface area contributed by atoms with Crippen molar-refractivity contribution in [2.24, 2.45) is 0 Å². The summed E-state index contributed by atoms with van der Waals surface area (Å²) in [7, 11) is 0. The number of aliphatic carboxylic acids is 1. The second-order valence-corrected chi connectivity index (χ2v) is 4.97. The van der Waals surface area contributed by atoms with Crippen molar-refractivity contribution in [2.75, 3.05) is 0 Å². The molecule has 0 amide bonds. The topological polar surface area (TPSA) is 69.6 Å². The molecule has 20 heavy (non-hydrogen) atoms. The highest BCUT2D eigenvalue weighted by Gasteiger charge is 2.25. The van der Waals surface area contributed by atoms with Crippen molar-refractivity contribution in [3.05, 3.63) is 35.4 Å². The maximum absolute atomic E-state index is 13.6. The molecule has 3 N–H and O–H groups in total. The van der Waals surface area contributed by atoms with Crippen LogP contribution in [0.1, 0.15) is 38.4 Å². The molecule has 0 radical (unpaired) electrons. The van der Waals surface area contributed by atoms with Crippen molar-refractivity contribution in [2.45, 2.75) is 44.9 Å². The van der Waals surface area contributed by atoms with E-state index in [1.807, 2.05) is 13.8 Å². The molecule has 1 aromatic carbocycles. The first-order valence-corrected chi connectivity index (χ1v) is 6.42. The Hall–Kier alpha value is -1.53. The molecular weight excluding hydrogens is 268 g/mol. The molecule has 0 aliphatic heterocycles. The van der Waals surface area contributed by atoms with Crippen LogP contribution in [0.4, 0.5) is 8.78 Å². The van der Waals surface area contributed by atoms with E-state index in [0.29, 0.717) is 0 Å². The molecule has 0 bridgehead atoms. The van der Waals surface area contributed by atoms with Crippen LogP contribution in [-0.4, -0.2) is 28.3 Å². The Bertz CT molecular complexity index is 466. The third-order valence-electron chi connectivity index (χ3n) is 2.87. The monoisotopic (exact) mass is 287 g/mol. The van der Waals surface area contributed by atoms with Gasteiger partial charge in [-0.3, -0.25) is 4.79 Å². The van der Waals surface area contributed by atoms with Crippen LogP contribution in [0, 0.1) is 11.6 Å². The molecule has 0 saturated carbocycles. The number of nitrogens with one attached hydrogen (secondary N) is 1. The van der Waals surface area contributed by atoms with Crippen LogP contribution < -0.4 is 5.32 Å². The first-order chi connectivity index (χ1) is 9.31. The fourth-order valence-corrected chi connectivity index (χ4v) is 2.00. The summed E-state index contributed by atoms with van der Waals surface area (Å²) in [5.74, 6) is -2.38. The molecule has 0 aliphatic rings. The van der Waals surface area contributed by atoms with E-state index in [1.165, 1.54) is 0 Å². The van der Waals surface area contributed by atoms with E-state index in [1.54, 1.807) is 0 Å². The Kier molecular flexibility index (Phi) is 6.04. The summed E-state index contributed by atoms with van der Waals surface area (Å²) in [4.78, 5) is 10.6. The summed E-state index contributed by atoms with van der Waals surface area (Å²) in [6.07, 6.45) is -1.37. The van der Waals surface area contributed by atoms with Gasteiger partial charge in [0.05, 0.1) is 6.10 Å². The van der Waals surface area contributed by atoms with Gasteiger partial charge in [-0.2, -0.15) is 0 Å².